The van der Waals surface area contributed by atoms with E-state index in [1.54, 1.807) is 6.08 Å². The molecule has 1 aliphatic heterocycles. The van der Waals surface area contributed by atoms with Crippen molar-refractivity contribution in [2.45, 2.75) is 38.4 Å². The fourth-order valence-corrected chi connectivity index (χ4v) is 2.69. The normalized spacial score (nSPS) is 37.7. The van der Waals surface area contributed by atoms with Gasteiger partial charge in [-0.25, -0.2) is 4.79 Å². The molecule has 4 heteroatoms. The van der Waals surface area contributed by atoms with Gasteiger partial charge in [0.2, 0.25) is 0 Å². The molecule has 3 atom stereocenters. The van der Waals surface area contributed by atoms with Crippen LogP contribution in [0, 0.1) is 5.92 Å². The van der Waals surface area contributed by atoms with Gasteiger partial charge in [0.05, 0.1) is 18.6 Å². The highest BCUT2D eigenvalue weighted by Crippen LogP contribution is 2.34. The third-order valence-corrected chi connectivity index (χ3v) is 3.77. The van der Waals surface area contributed by atoms with Gasteiger partial charge in [0.15, 0.2) is 0 Å². The maximum absolute atomic E-state index is 11.6. The molecule has 0 aromatic carbocycles. The van der Waals surface area contributed by atoms with E-state index in [9.17, 15) is 15.0 Å². The van der Waals surface area contributed by atoms with E-state index in [0.29, 0.717) is 12.0 Å². The molecular weight excluding hydrogens is 244 g/mol. The summed E-state index contributed by atoms with van der Waals surface area (Å²) < 4.78 is 5.24. The van der Waals surface area contributed by atoms with Gasteiger partial charge in [0, 0.05) is 5.57 Å². The van der Waals surface area contributed by atoms with Crippen molar-refractivity contribution >= 4 is 5.97 Å². The van der Waals surface area contributed by atoms with Crippen LogP contribution in [0.25, 0.3) is 0 Å². The van der Waals surface area contributed by atoms with Gasteiger partial charge in [-0.1, -0.05) is 18.2 Å². The number of ether oxygens (including phenoxy) is 1. The van der Waals surface area contributed by atoms with Crippen LogP contribution in [0.5, 0.6) is 0 Å². The molecule has 1 aliphatic carbocycles. The summed E-state index contributed by atoms with van der Waals surface area (Å²) in [5, 5.41) is 19.6. The van der Waals surface area contributed by atoms with Crippen molar-refractivity contribution in [2.24, 2.45) is 5.92 Å². The van der Waals surface area contributed by atoms with Crippen LogP contribution in [0.15, 0.2) is 35.5 Å². The second kappa shape index (κ2) is 5.72. The van der Waals surface area contributed by atoms with Gasteiger partial charge < -0.3 is 14.9 Å². The lowest BCUT2D eigenvalue weighted by atomic mass is 9.85. The molecule has 104 valence electrons. The van der Waals surface area contributed by atoms with Crippen molar-refractivity contribution in [1.29, 1.82) is 0 Å². The lowest BCUT2D eigenvalue weighted by molar-refractivity contribution is -0.137. The van der Waals surface area contributed by atoms with Gasteiger partial charge in [-0.3, -0.25) is 0 Å². The first-order valence-corrected chi connectivity index (χ1v) is 6.57. The lowest BCUT2D eigenvalue weighted by Crippen LogP contribution is -2.29. The van der Waals surface area contributed by atoms with Crippen molar-refractivity contribution in [3.05, 3.63) is 35.5 Å². The van der Waals surface area contributed by atoms with Gasteiger partial charge >= 0.3 is 5.97 Å². The molecule has 2 aliphatic rings. The summed E-state index contributed by atoms with van der Waals surface area (Å²) >= 11 is 0. The van der Waals surface area contributed by atoms with Crippen molar-refractivity contribution < 1.29 is 19.7 Å². The molecule has 0 aromatic heterocycles. The van der Waals surface area contributed by atoms with Crippen molar-refractivity contribution in [1.82, 2.24) is 0 Å². The summed E-state index contributed by atoms with van der Waals surface area (Å²) in [6, 6.07) is 0. The Morgan fingerprint density at radius 1 is 1.53 bits per heavy atom. The van der Waals surface area contributed by atoms with Crippen LogP contribution in [0.4, 0.5) is 0 Å². The zero-order valence-electron chi connectivity index (χ0n) is 11.1. The number of esters is 1. The highest BCUT2D eigenvalue weighted by atomic mass is 16.6. The van der Waals surface area contributed by atoms with Crippen LogP contribution in [-0.4, -0.2) is 35.0 Å². The Morgan fingerprint density at radius 3 is 2.95 bits per heavy atom. The largest absolute Gasteiger partial charge is 0.454 e. The van der Waals surface area contributed by atoms with Gasteiger partial charge in [0.1, 0.15) is 6.10 Å². The molecule has 19 heavy (non-hydrogen) atoms. The topological polar surface area (TPSA) is 66.8 Å². The van der Waals surface area contributed by atoms with E-state index in [4.69, 9.17) is 4.74 Å². The van der Waals surface area contributed by atoms with E-state index in [1.165, 1.54) is 0 Å². The Kier molecular flexibility index (Phi) is 4.22. The van der Waals surface area contributed by atoms with Crippen molar-refractivity contribution in [3.8, 4) is 0 Å². The van der Waals surface area contributed by atoms with Gasteiger partial charge in [0.25, 0.3) is 0 Å². The number of hydrogen-bond donors (Lipinski definition) is 2. The zero-order chi connectivity index (χ0) is 14.0. The van der Waals surface area contributed by atoms with Crippen LogP contribution in [0.1, 0.15) is 26.2 Å². The van der Waals surface area contributed by atoms with E-state index < -0.39 is 24.1 Å². The first-order valence-electron chi connectivity index (χ1n) is 6.57. The Labute approximate surface area is 113 Å². The molecule has 0 amide bonds. The molecule has 1 saturated heterocycles. The first kappa shape index (κ1) is 14.0. The molecule has 1 fully saturated rings. The average Bonchev–Trinajstić information content (AvgIpc) is 2.63. The maximum Gasteiger partial charge on any atom is 0.334 e. The fraction of sp³-hybridized carbons (Fsp3) is 0.533. The number of hydrogen-bond acceptors (Lipinski definition) is 4. The number of carbonyl (C=O) groups excluding carboxylic acids is 1. The second-order valence-electron chi connectivity index (χ2n) is 5.26. The van der Waals surface area contributed by atoms with Crippen LogP contribution in [0.2, 0.25) is 0 Å². The number of rotatable bonds is 1. The highest BCUT2D eigenvalue weighted by molar-refractivity contribution is 5.91. The number of allylic oxidation sites excluding steroid dienone is 1. The van der Waals surface area contributed by atoms with Crippen LogP contribution in [-0.2, 0) is 9.53 Å². The molecule has 0 unspecified atom stereocenters. The molecule has 1 heterocycles. The SMILES string of the molecule is C=C1C(=O)O[C@@H]2/C=C(/CO)CC/C=C(\C)C[C@H](O)[C@@H]12. The Hall–Kier alpha value is -1.39. The maximum atomic E-state index is 11.6. The molecule has 0 aromatic rings. The first-order chi connectivity index (χ1) is 9.02. The smallest absolute Gasteiger partial charge is 0.334 e. The Morgan fingerprint density at radius 2 is 2.26 bits per heavy atom. The summed E-state index contributed by atoms with van der Waals surface area (Å²) in [6.07, 6.45) is 4.69. The molecule has 2 rings (SSSR count). The van der Waals surface area contributed by atoms with Gasteiger partial charge in [-0.15, -0.1) is 0 Å². The van der Waals surface area contributed by atoms with E-state index in [-0.39, 0.29) is 6.61 Å². The second-order valence-corrected chi connectivity index (χ2v) is 5.26. The third kappa shape index (κ3) is 2.96. The lowest BCUT2D eigenvalue weighted by Gasteiger charge is -2.23. The number of aliphatic hydroxyl groups excluding tert-OH is 2. The fourth-order valence-electron chi connectivity index (χ4n) is 2.69. The highest BCUT2D eigenvalue weighted by Gasteiger charge is 2.41. The van der Waals surface area contributed by atoms with Gasteiger partial charge in [-0.2, -0.15) is 0 Å². The van der Waals surface area contributed by atoms with E-state index >= 15 is 0 Å². The zero-order valence-corrected chi connectivity index (χ0v) is 11.1. The number of fused-ring (bicyclic) bond motifs is 1. The average molecular weight is 264 g/mol. The standard InChI is InChI=1S/C15H20O4/c1-9-4-3-5-11(8-16)7-13-14(12(17)6-9)10(2)15(18)19-13/h4,7,12-14,16-17H,2-3,5-6,8H2,1H3/b9-4+,11-7+/t12-,13+,14+/m0/s1. The minimum Gasteiger partial charge on any atom is -0.454 e. The van der Waals surface area contributed by atoms with E-state index in [2.05, 4.69) is 12.7 Å². The number of carbonyl (C=O) groups is 1. The summed E-state index contributed by atoms with van der Waals surface area (Å²) in [5.74, 6) is -0.876. The molecule has 2 N–H and O–H groups in total. The predicted molar refractivity (Wildman–Crippen MR) is 71.3 cm³/mol. The minimum atomic E-state index is -0.686. The molecule has 0 radical (unpaired) electrons. The molecule has 0 saturated carbocycles. The summed E-state index contributed by atoms with van der Waals surface area (Å²) in [5.41, 5.74) is 2.23. The molecule has 0 bridgehead atoms. The quantitative estimate of drug-likeness (QED) is 0.428. The summed E-state index contributed by atoms with van der Waals surface area (Å²) in [7, 11) is 0. The number of aliphatic hydroxyl groups is 2. The van der Waals surface area contributed by atoms with Crippen LogP contribution >= 0.6 is 0 Å². The molecule has 0 spiro atoms. The van der Waals surface area contributed by atoms with Crippen LogP contribution in [0.3, 0.4) is 0 Å². The summed E-state index contributed by atoms with van der Waals surface area (Å²) in [4.78, 5) is 11.6. The molecular formula is C15H20O4. The van der Waals surface area contributed by atoms with E-state index in [1.807, 2.05) is 6.92 Å². The Bertz CT molecular complexity index is 447. The summed E-state index contributed by atoms with van der Waals surface area (Å²) in [6.45, 7) is 5.63. The third-order valence-electron chi connectivity index (χ3n) is 3.77. The van der Waals surface area contributed by atoms with Gasteiger partial charge in [-0.05, 0) is 37.8 Å². The minimum absolute atomic E-state index is 0.0593. The predicted octanol–water partition coefficient (Wildman–Crippen LogP) is 1.49. The van der Waals surface area contributed by atoms with E-state index in [0.717, 1.165) is 24.0 Å². The Balaban J connectivity index is 2.34. The monoisotopic (exact) mass is 264 g/mol. The van der Waals surface area contributed by atoms with Crippen LogP contribution < -0.4 is 0 Å². The van der Waals surface area contributed by atoms with Crippen molar-refractivity contribution in [2.75, 3.05) is 6.61 Å². The molecule has 4 nitrogen and oxygen atoms in total. The van der Waals surface area contributed by atoms with Crippen molar-refractivity contribution in [3.63, 3.8) is 0 Å².